The second kappa shape index (κ2) is 4.49. The molecule has 0 radical (unpaired) electrons. The standard InChI is InChI=1S/C10H18N2/c1-4-5-12(3)8-10-7-11-6-9(10)2/h1,9-11H,5-8H2,2-3H3. The fourth-order valence-corrected chi connectivity index (χ4v) is 1.73. The van der Waals surface area contributed by atoms with E-state index in [4.69, 9.17) is 6.42 Å². The van der Waals surface area contributed by atoms with E-state index < -0.39 is 0 Å². The van der Waals surface area contributed by atoms with Gasteiger partial charge < -0.3 is 5.32 Å². The molecule has 1 aliphatic heterocycles. The minimum absolute atomic E-state index is 0.767. The summed E-state index contributed by atoms with van der Waals surface area (Å²) < 4.78 is 0. The first kappa shape index (κ1) is 9.57. The SMILES string of the molecule is C#CCN(C)CC1CNCC1C. The molecule has 2 unspecified atom stereocenters. The van der Waals surface area contributed by atoms with Crippen LogP contribution in [0.1, 0.15) is 6.92 Å². The second-order valence-electron chi connectivity index (χ2n) is 3.80. The summed E-state index contributed by atoms with van der Waals surface area (Å²) >= 11 is 0. The maximum atomic E-state index is 5.23. The summed E-state index contributed by atoms with van der Waals surface area (Å²) in [6, 6.07) is 0. The van der Waals surface area contributed by atoms with Crippen LogP contribution in [0.5, 0.6) is 0 Å². The van der Waals surface area contributed by atoms with Crippen molar-refractivity contribution < 1.29 is 0 Å². The van der Waals surface area contributed by atoms with Gasteiger partial charge in [0.25, 0.3) is 0 Å². The number of terminal acetylenes is 1. The van der Waals surface area contributed by atoms with E-state index in [1.807, 2.05) is 0 Å². The van der Waals surface area contributed by atoms with Gasteiger partial charge >= 0.3 is 0 Å². The molecule has 2 nitrogen and oxygen atoms in total. The van der Waals surface area contributed by atoms with Crippen LogP contribution in [0, 0.1) is 24.2 Å². The van der Waals surface area contributed by atoms with Gasteiger partial charge in [0, 0.05) is 6.54 Å². The summed E-state index contributed by atoms with van der Waals surface area (Å²) in [4.78, 5) is 2.22. The normalized spacial score (nSPS) is 29.2. The number of nitrogens with one attached hydrogen (secondary N) is 1. The maximum absolute atomic E-state index is 5.23. The van der Waals surface area contributed by atoms with Gasteiger partial charge in [-0.25, -0.2) is 0 Å². The lowest BCUT2D eigenvalue weighted by atomic mass is 9.98. The zero-order valence-corrected chi connectivity index (χ0v) is 8.01. The summed E-state index contributed by atoms with van der Waals surface area (Å²) in [5.41, 5.74) is 0. The zero-order valence-electron chi connectivity index (χ0n) is 8.01. The van der Waals surface area contributed by atoms with E-state index in [1.165, 1.54) is 0 Å². The third-order valence-corrected chi connectivity index (χ3v) is 2.58. The largest absolute Gasteiger partial charge is 0.316 e. The molecule has 12 heavy (non-hydrogen) atoms. The molecule has 1 heterocycles. The van der Waals surface area contributed by atoms with E-state index in [0.29, 0.717) is 0 Å². The molecule has 2 atom stereocenters. The summed E-state index contributed by atoms with van der Waals surface area (Å²) in [7, 11) is 2.09. The van der Waals surface area contributed by atoms with Gasteiger partial charge in [-0.2, -0.15) is 0 Å². The van der Waals surface area contributed by atoms with Crippen LogP contribution in [0.15, 0.2) is 0 Å². The van der Waals surface area contributed by atoms with Gasteiger partial charge in [-0.1, -0.05) is 12.8 Å². The van der Waals surface area contributed by atoms with Crippen LogP contribution in [-0.2, 0) is 0 Å². The molecule has 0 aromatic rings. The van der Waals surface area contributed by atoms with Gasteiger partial charge in [-0.3, -0.25) is 4.90 Å². The Bertz CT molecular complexity index is 171. The molecular weight excluding hydrogens is 148 g/mol. The Morgan fingerprint density at radius 2 is 2.33 bits per heavy atom. The fourth-order valence-electron chi connectivity index (χ4n) is 1.73. The van der Waals surface area contributed by atoms with Gasteiger partial charge in [-0.05, 0) is 32.0 Å². The van der Waals surface area contributed by atoms with Crippen molar-refractivity contribution in [3.63, 3.8) is 0 Å². The third kappa shape index (κ3) is 2.51. The van der Waals surface area contributed by atoms with Gasteiger partial charge in [-0.15, -0.1) is 6.42 Å². The smallest absolute Gasteiger partial charge is 0.0596 e. The predicted octanol–water partition coefficient (Wildman–Crippen LogP) is 0.407. The summed E-state index contributed by atoms with van der Waals surface area (Å²) in [5.74, 6) is 4.24. The lowest BCUT2D eigenvalue weighted by Crippen LogP contribution is -2.29. The highest BCUT2D eigenvalue weighted by Gasteiger charge is 2.23. The predicted molar refractivity (Wildman–Crippen MR) is 51.9 cm³/mol. The molecule has 1 saturated heterocycles. The first-order valence-corrected chi connectivity index (χ1v) is 4.56. The highest BCUT2D eigenvalue weighted by atomic mass is 15.1. The van der Waals surface area contributed by atoms with E-state index in [9.17, 15) is 0 Å². The van der Waals surface area contributed by atoms with Crippen LogP contribution in [0.2, 0.25) is 0 Å². The molecule has 0 aliphatic carbocycles. The monoisotopic (exact) mass is 166 g/mol. The van der Waals surface area contributed by atoms with Crippen LogP contribution in [0.4, 0.5) is 0 Å². The Morgan fingerprint density at radius 3 is 2.83 bits per heavy atom. The Balaban J connectivity index is 2.26. The van der Waals surface area contributed by atoms with E-state index in [1.54, 1.807) is 0 Å². The molecule has 0 amide bonds. The average molecular weight is 166 g/mol. The van der Waals surface area contributed by atoms with E-state index in [0.717, 1.165) is 38.0 Å². The molecule has 0 saturated carbocycles. The van der Waals surface area contributed by atoms with Crippen molar-refractivity contribution in [3.8, 4) is 12.3 Å². The zero-order chi connectivity index (χ0) is 8.97. The fraction of sp³-hybridized carbons (Fsp3) is 0.800. The Morgan fingerprint density at radius 1 is 1.58 bits per heavy atom. The van der Waals surface area contributed by atoms with Gasteiger partial charge in [0.2, 0.25) is 0 Å². The maximum Gasteiger partial charge on any atom is 0.0596 e. The molecule has 1 aliphatic rings. The first-order valence-electron chi connectivity index (χ1n) is 4.56. The molecule has 0 aromatic carbocycles. The number of hydrogen-bond donors (Lipinski definition) is 1. The topological polar surface area (TPSA) is 15.3 Å². The second-order valence-corrected chi connectivity index (χ2v) is 3.80. The minimum atomic E-state index is 0.767. The number of hydrogen-bond acceptors (Lipinski definition) is 2. The summed E-state index contributed by atoms with van der Waals surface area (Å²) in [6.45, 7) is 6.50. The van der Waals surface area contributed by atoms with Crippen LogP contribution in [0.3, 0.4) is 0 Å². The molecule has 1 rings (SSSR count). The van der Waals surface area contributed by atoms with Crippen molar-refractivity contribution in [2.75, 3.05) is 33.2 Å². The highest BCUT2D eigenvalue weighted by molar-refractivity contribution is 4.89. The summed E-state index contributed by atoms with van der Waals surface area (Å²) in [5, 5.41) is 3.39. The van der Waals surface area contributed by atoms with Gasteiger partial charge in [0.05, 0.1) is 6.54 Å². The van der Waals surface area contributed by atoms with Crippen LogP contribution in [0.25, 0.3) is 0 Å². The lowest BCUT2D eigenvalue weighted by molar-refractivity contribution is 0.282. The van der Waals surface area contributed by atoms with Gasteiger partial charge in [0.15, 0.2) is 0 Å². The van der Waals surface area contributed by atoms with E-state index >= 15 is 0 Å². The van der Waals surface area contributed by atoms with Crippen molar-refractivity contribution in [3.05, 3.63) is 0 Å². The molecule has 2 heteroatoms. The molecule has 0 bridgehead atoms. The van der Waals surface area contributed by atoms with E-state index in [2.05, 4.69) is 30.1 Å². The van der Waals surface area contributed by atoms with Crippen molar-refractivity contribution in [1.29, 1.82) is 0 Å². The molecule has 0 aromatic heterocycles. The number of rotatable bonds is 3. The van der Waals surface area contributed by atoms with Gasteiger partial charge in [0.1, 0.15) is 0 Å². The van der Waals surface area contributed by atoms with E-state index in [-0.39, 0.29) is 0 Å². The average Bonchev–Trinajstić information content (AvgIpc) is 2.37. The third-order valence-electron chi connectivity index (χ3n) is 2.58. The van der Waals surface area contributed by atoms with Crippen LogP contribution < -0.4 is 5.32 Å². The quantitative estimate of drug-likeness (QED) is 0.611. The first-order chi connectivity index (χ1) is 5.74. The van der Waals surface area contributed by atoms with Crippen LogP contribution in [-0.4, -0.2) is 38.1 Å². The molecular formula is C10H18N2. The molecule has 0 spiro atoms. The highest BCUT2D eigenvalue weighted by Crippen LogP contribution is 2.16. The minimum Gasteiger partial charge on any atom is -0.316 e. The molecule has 68 valence electrons. The lowest BCUT2D eigenvalue weighted by Gasteiger charge is -2.20. The van der Waals surface area contributed by atoms with Crippen molar-refractivity contribution in [2.45, 2.75) is 6.92 Å². The van der Waals surface area contributed by atoms with Crippen molar-refractivity contribution in [1.82, 2.24) is 10.2 Å². The van der Waals surface area contributed by atoms with Crippen LogP contribution >= 0.6 is 0 Å². The molecule has 1 fully saturated rings. The summed E-state index contributed by atoms with van der Waals surface area (Å²) in [6.07, 6.45) is 5.23. The Kier molecular flexibility index (Phi) is 3.58. The number of nitrogens with zero attached hydrogens (tertiary/aromatic N) is 1. The Labute approximate surface area is 75.3 Å². The Hall–Kier alpha value is -0.520. The van der Waals surface area contributed by atoms with Crippen molar-refractivity contribution in [2.24, 2.45) is 11.8 Å². The van der Waals surface area contributed by atoms with Crippen molar-refractivity contribution >= 4 is 0 Å². The molecule has 1 N–H and O–H groups in total.